The molecule has 162 valence electrons. The van der Waals surface area contributed by atoms with Gasteiger partial charge in [0.2, 0.25) is 17.6 Å². The average Bonchev–Trinajstić information content (AvgIpc) is 3.23. The summed E-state index contributed by atoms with van der Waals surface area (Å²) in [7, 11) is 0. The number of piperidine rings is 1. The SMILES string of the molecule is CC(C)c1ccccc1NC(=O)C1CCCN(Cc2nc(-c3ccc(Cl)cc3)no2)C1. The Kier molecular flexibility index (Phi) is 6.68. The molecule has 0 radical (unpaired) electrons. The highest BCUT2D eigenvalue weighted by Gasteiger charge is 2.27. The van der Waals surface area contributed by atoms with Crippen LogP contribution in [0.5, 0.6) is 0 Å². The van der Waals surface area contributed by atoms with Gasteiger partial charge in [-0.25, -0.2) is 0 Å². The summed E-state index contributed by atoms with van der Waals surface area (Å²) in [6.07, 6.45) is 1.84. The number of hydrogen-bond acceptors (Lipinski definition) is 5. The van der Waals surface area contributed by atoms with E-state index >= 15 is 0 Å². The van der Waals surface area contributed by atoms with E-state index in [4.69, 9.17) is 16.1 Å². The van der Waals surface area contributed by atoms with Crippen molar-refractivity contribution in [3.05, 3.63) is 65.0 Å². The molecule has 1 atom stereocenters. The standard InChI is InChI=1S/C24H27ClN4O2/c1-16(2)20-7-3-4-8-21(20)26-24(30)18-6-5-13-29(14-18)15-22-27-23(28-31-22)17-9-11-19(25)12-10-17/h3-4,7-12,16,18H,5-6,13-15H2,1-2H3,(H,26,30). The van der Waals surface area contributed by atoms with Crippen LogP contribution in [-0.4, -0.2) is 34.0 Å². The summed E-state index contributed by atoms with van der Waals surface area (Å²) < 4.78 is 5.45. The zero-order chi connectivity index (χ0) is 21.8. The van der Waals surface area contributed by atoms with Gasteiger partial charge in [-0.15, -0.1) is 0 Å². The summed E-state index contributed by atoms with van der Waals surface area (Å²) in [5.41, 5.74) is 2.92. The van der Waals surface area contributed by atoms with E-state index in [0.717, 1.165) is 36.2 Å². The summed E-state index contributed by atoms with van der Waals surface area (Å²) in [4.78, 5) is 19.7. The smallest absolute Gasteiger partial charge is 0.241 e. The lowest BCUT2D eigenvalue weighted by Crippen LogP contribution is -2.40. The number of aromatic nitrogens is 2. The molecule has 1 unspecified atom stereocenters. The lowest BCUT2D eigenvalue weighted by atomic mass is 9.96. The van der Waals surface area contributed by atoms with Gasteiger partial charge < -0.3 is 9.84 Å². The number of nitrogens with one attached hydrogen (secondary N) is 1. The zero-order valence-electron chi connectivity index (χ0n) is 17.8. The van der Waals surface area contributed by atoms with Gasteiger partial charge in [-0.1, -0.05) is 48.8 Å². The number of para-hydroxylation sites is 1. The second-order valence-corrected chi connectivity index (χ2v) is 8.76. The van der Waals surface area contributed by atoms with E-state index in [2.05, 4.69) is 40.3 Å². The first-order chi connectivity index (χ1) is 15.0. The molecule has 2 heterocycles. The van der Waals surface area contributed by atoms with E-state index in [1.54, 1.807) is 12.1 Å². The maximum Gasteiger partial charge on any atom is 0.241 e. The second kappa shape index (κ2) is 9.62. The summed E-state index contributed by atoms with van der Waals surface area (Å²) in [6, 6.07) is 15.4. The minimum Gasteiger partial charge on any atom is -0.338 e. The number of likely N-dealkylation sites (tertiary alicyclic amines) is 1. The highest BCUT2D eigenvalue weighted by Crippen LogP contribution is 2.26. The summed E-state index contributed by atoms with van der Waals surface area (Å²) in [5, 5.41) is 7.90. The predicted octanol–water partition coefficient (Wildman–Crippen LogP) is 5.36. The van der Waals surface area contributed by atoms with Gasteiger partial charge in [-0.2, -0.15) is 4.98 Å². The minimum absolute atomic E-state index is 0.0624. The molecule has 0 bridgehead atoms. The summed E-state index contributed by atoms with van der Waals surface area (Å²) in [6.45, 7) is 6.39. The molecule has 0 saturated carbocycles. The fraction of sp³-hybridized carbons (Fsp3) is 0.375. The van der Waals surface area contributed by atoms with Gasteiger partial charge in [0.05, 0.1) is 12.5 Å². The minimum atomic E-state index is -0.0624. The number of carbonyl (C=O) groups is 1. The van der Waals surface area contributed by atoms with Gasteiger partial charge >= 0.3 is 0 Å². The molecule has 1 saturated heterocycles. The maximum absolute atomic E-state index is 13.0. The van der Waals surface area contributed by atoms with Crippen molar-refractivity contribution in [3.63, 3.8) is 0 Å². The molecule has 7 heteroatoms. The van der Waals surface area contributed by atoms with E-state index in [-0.39, 0.29) is 11.8 Å². The predicted molar refractivity (Wildman–Crippen MR) is 122 cm³/mol. The molecule has 1 aromatic heterocycles. The van der Waals surface area contributed by atoms with Crippen LogP contribution in [0, 0.1) is 5.92 Å². The maximum atomic E-state index is 13.0. The molecule has 31 heavy (non-hydrogen) atoms. The first-order valence-electron chi connectivity index (χ1n) is 10.7. The van der Waals surface area contributed by atoms with E-state index in [1.807, 2.05) is 30.3 Å². The molecule has 3 aromatic rings. The van der Waals surface area contributed by atoms with Crippen molar-refractivity contribution in [1.82, 2.24) is 15.0 Å². The molecule has 1 aliphatic heterocycles. The normalized spacial score (nSPS) is 17.1. The third kappa shape index (κ3) is 5.32. The van der Waals surface area contributed by atoms with Crippen molar-refractivity contribution < 1.29 is 9.32 Å². The van der Waals surface area contributed by atoms with Crippen LogP contribution in [0.1, 0.15) is 44.1 Å². The number of benzene rings is 2. The highest BCUT2D eigenvalue weighted by atomic mass is 35.5. The Hall–Kier alpha value is -2.70. The van der Waals surface area contributed by atoms with Gasteiger partial charge in [0, 0.05) is 22.8 Å². The van der Waals surface area contributed by atoms with Crippen molar-refractivity contribution in [1.29, 1.82) is 0 Å². The Morgan fingerprint density at radius 3 is 2.77 bits per heavy atom. The largest absolute Gasteiger partial charge is 0.338 e. The van der Waals surface area contributed by atoms with E-state index in [9.17, 15) is 4.79 Å². The number of amides is 1. The summed E-state index contributed by atoms with van der Waals surface area (Å²) >= 11 is 5.94. The molecule has 1 N–H and O–H groups in total. The van der Waals surface area contributed by atoms with Gasteiger partial charge in [-0.3, -0.25) is 9.69 Å². The van der Waals surface area contributed by atoms with Crippen LogP contribution in [0.25, 0.3) is 11.4 Å². The Balaban J connectivity index is 1.38. The molecule has 2 aromatic carbocycles. The summed E-state index contributed by atoms with van der Waals surface area (Å²) in [5.74, 6) is 1.46. The van der Waals surface area contributed by atoms with Crippen LogP contribution < -0.4 is 5.32 Å². The molecule has 1 amide bonds. The van der Waals surface area contributed by atoms with E-state index < -0.39 is 0 Å². The van der Waals surface area contributed by atoms with Crippen LogP contribution in [-0.2, 0) is 11.3 Å². The molecular formula is C24H27ClN4O2. The number of halogens is 1. The second-order valence-electron chi connectivity index (χ2n) is 8.32. The Bertz CT molecular complexity index is 1030. The topological polar surface area (TPSA) is 71.3 Å². The lowest BCUT2D eigenvalue weighted by Gasteiger charge is -2.31. The van der Waals surface area contributed by atoms with Crippen molar-refractivity contribution in [3.8, 4) is 11.4 Å². The quantitative estimate of drug-likeness (QED) is 0.560. The van der Waals surface area contributed by atoms with Gasteiger partial charge in [0.25, 0.3) is 0 Å². The van der Waals surface area contributed by atoms with Gasteiger partial charge in [-0.05, 0) is 61.2 Å². The molecule has 1 aliphatic rings. The Morgan fingerprint density at radius 1 is 1.23 bits per heavy atom. The van der Waals surface area contributed by atoms with Crippen molar-refractivity contribution in [2.75, 3.05) is 18.4 Å². The lowest BCUT2D eigenvalue weighted by molar-refractivity contribution is -0.121. The van der Waals surface area contributed by atoms with E-state index in [1.165, 1.54) is 0 Å². The fourth-order valence-electron chi connectivity index (χ4n) is 3.99. The first-order valence-corrected chi connectivity index (χ1v) is 11.1. The van der Waals surface area contributed by atoms with Crippen molar-refractivity contribution >= 4 is 23.2 Å². The fourth-order valence-corrected chi connectivity index (χ4v) is 4.11. The molecule has 4 rings (SSSR count). The van der Waals surface area contributed by atoms with Crippen LogP contribution >= 0.6 is 11.6 Å². The third-order valence-electron chi connectivity index (χ3n) is 5.65. The molecular weight excluding hydrogens is 412 g/mol. The first kappa shape index (κ1) is 21.5. The number of hydrogen-bond donors (Lipinski definition) is 1. The van der Waals surface area contributed by atoms with Crippen LogP contribution in [0.3, 0.4) is 0 Å². The van der Waals surface area contributed by atoms with Crippen molar-refractivity contribution in [2.24, 2.45) is 5.92 Å². The number of anilines is 1. The average molecular weight is 439 g/mol. The molecule has 1 fully saturated rings. The van der Waals surface area contributed by atoms with Crippen LogP contribution in [0.4, 0.5) is 5.69 Å². The van der Waals surface area contributed by atoms with Crippen LogP contribution in [0.15, 0.2) is 53.1 Å². The molecule has 0 aliphatic carbocycles. The Morgan fingerprint density at radius 2 is 2.00 bits per heavy atom. The Labute approximate surface area is 187 Å². The zero-order valence-corrected chi connectivity index (χ0v) is 18.6. The van der Waals surface area contributed by atoms with Crippen LogP contribution in [0.2, 0.25) is 5.02 Å². The number of carbonyl (C=O) groups excluding carboxylic acids is 1. The van der Waals surface area contributed by atoms with Gasteiger partial charge in [0.1, 0.15) is 0 Å². The highest BCUT2D eigenvalue weighted by molar-refractivity contribution is 6.30. The van der Waals surface area contributed by atoms with Gasteiger partial charge in [0.15, 0.2) is 0 Å². The number of rotatable bonds is 6. The van der Waals surface area contributed by atoms with E-state index in [0.29, 0.717) is 35.7 Å². The monoisotopic (exact) mass is 438 g/mol. The number of nitrogens with zero attached hydrogens (tertiary/aromatic N) is 3. The third-order valence-corrected chi connectivity index (χ3v) is 5.90. The molecule has 6 nitrogen and oxygen atoms in total. The molecule has 0 spiro atoms. The van der Waals surface area contributed by atoms with Crippen molar-refractivity contribution in [2.45, 2.75) is 39.2 Å².